The molecule has 194 valence electrons. The number of nitrogens with zero attached hydrogens (tertiary/aromatic N) is 3. The van der Waals surface area contributed by atoms with E-state index in [-0.39, 0.29) is 36.2 Å². The van der Waals surface area contributed by atoms with Crippen molar-refractivity contribution in [2.45, 2.75) is 37.8 Å². The normalized spacial score (nSPS) is 18.6. The second-order valence-electron chi connectivity index (χ2n) is 8.99. The van der Waals surface area contributed by atoms with E-state index in [1.807, 2.05) is 4.40 Å². The van der Waals surface area contributed by atoms with E-state index in [0.717, 1.165) is 30.8 Å². The number of anilines is 1. The lowest BCUT2D eigenvalue weighted by atomic mass is 10.0. The van der Waals surface area contributed by atoms with E-state index in [2.05, 4.69) is 4.98 Å². The molecule has 1 saturated carbocycles. The van der Waals surface area contributed by atoms with Gasteiger partial charge in [-0.3, -0.25) is 14.0 Å². The van der Waals surface area contributed by atoms with E-state index in [0.29, 0.717) is 29.3 Å². The minimum atomic E-state index is -4.61. The molecule has 2 atom stereocenters. The zero-order valence-electron chi connectivity index (χ0n) is 19.8. The van der Waals surface area contributed by atoms with Gasteiger partial charge in [0.05, 0.1) is 5.57 Å². The first-order valence-electron chi connectivity index (χ1n) is 11.7. The van der Waals surface area contributed by atoms with Gasteiger partial charge in [-0.15, -0.1) is 0 Å². The third kappa shape index (κ3) is 5.72. The molecule has 0 bridgehead atoms. The number of carbonyl (C=O) groups excluding carboxylic acids is 1. The van der Waals surface area contributed by atoms with Gasteiger partial charge in [0.1, 0.15) is 22.9 Å². The van der Waals surface area contributed by atoms with Crippen molar-refractivity contribution in [1.29, 1.82) is 0 Å². The quantitative estimate of drug-likeness (QED) is 0.229. The molecule has 1 aliphatic carbocycles. The molecule has 5 N–H and O–H groups in total. The van der Waals surface area contributed by atoms with Crippen LogP contribution in [0.3, 0.4) is 0 Å². The molecule has 11 heteroatoms. The van der Waals surface area contributed by atoms with Crippen molar-refractivity contribution in [2.24, 2.45) is 11.7 Å². The summed E-state index contributed by atoms with van der Waals surface area (Å²) in [5.41, 5.74) is 12.4. The van der Waals surface area contributed by atoms with E-state index in [1.165, 1.54) is 12.1 Å². The summed E-state index contributed by atoms with van der Waals surface area (Å²) < 4.78 is 40.9. The van der Waals surface area contributed by atoms with Gasteiger partial charge in [-0.2, -0.15) is 13.2 Å². The number of carboxylic acids is 1. The summed E-state index contributed by atoms with van der Waals surface area (Å²) in [7, 11) is 0. The summed E-state index contributed by atoms with van der Waals surface area (Å²) in [6, 6.07) is 6.33. The van der Waals surface area contributed by atoms with Gasteiger partial charge in [-0.05, 0) is 37.3 Å². The van der Waals surface area contributed by atoms with Crippen LogP contribution in [0.2, 0.25) is 0 Å². The number of allylic oxidation sites excluding steroid dienone is 3. The topological polar surface area (TPSA) is 137 Å². The number of rotatable bonds is 8. The third-order valence-electron chi connectivity index (χ3n) is 6.50. The largest absolute Gasteiger partial charge is 0.481 e. The molecule has 4 rings (SSSR count). The zero-order valence-corrected chi connectivity index (χ0v) is 19.8. The van der Waals surface area contributed by atoms with Crippen molar-refractivity contribution in [2.75, 3.05) is 12.3 Å². The summed E-state index contributed by atoms with van der Waals surface area (Å²) in [5, 5.41) is 9.14. The fraction of sp³-hybridized carbons (Fsp3) is 0.308. The molecule has 2 aromatic heterocycles. The highest BCUT2D eigenvalue weighted by Gasteiger charge is 2.32. The first-order valence-corrected chi connectivity index (χ1v) is 11.7. The van der Waals surface area contributed by atoms with Crippen molar-refractivity contribution in [3.05, 3.63) is 71.8 Å². The first-order chi connectivity index (χ1) is 17.6. The van der Waals surface area contributed by atoms with Crippen LogP contribution in [0, 0.1) is 5.92 Å². The molecule has 37 heavy (non-hydrogen) atoms. The summed E-state index contributed by atoms with van der Waals surface area (Å²) in [6.45, 7) is -0.304. The van der Waals surface area contributed by atoms with E-state index in [9.17, 15) is 22.8 Å². The number of benzene rings is 1. The predicted octanol–water partition coefficient (Wildman–Crippen LogP) is 4.52. The fourth-order valence-electron chi connectivity index (χ4n) is 4.78. The minimum Gasteiger partial charge on any atom is -0.481 e. The lowest BCUT2D eigenvalue weighted by molar-refractivity contribution is -0.138. The Bertz CT molecular complexity index is 1380. The van der Waals surface area contributed by atoms with Crippen molar-refractivity contribution in [3.63, 3.8) is 0 Å². The number of alkyl halides is 3. The number of hydrogen-bond acceptors (Lipinski definition) is 6. The Kier molecular flexibility index (Phi) is 7.44. The number of nitrogen functional groups attached to an aromatic ring is 1. The number of nitrogens with two attached hydrogens (primary N) is 2. The number of imidazole rings is 1. The summed E-state index contributed by atoms with van der Waals surface area (Å²) in [6.07, 6.45) is 3.52. The van der Waals surface area contributed by atoms with Gasteiger partial charge in [0.2, 0.25) is 0 Å². The molecule has 1 aromatic carbocycles. The number of carbonyl (C=O) groups is 2. The number of aromatic nitrogens is 3. The smallest absolute Gasteiger partial charge is 0.416 e. The van der Waals surface area contributed by atoms with E-state index in [1.54, 1.807) is 24.5 Å². The minimum absolute atomic E-state index is 0.0581. The maximum absolute atomic E-state index is 13.0. The van der Waals surface area contributed by atoms with Gasteiger partial charge in [-0.25, -0.2) is 9.97 Å². The van der Waals surface area contributed by atoms with Crippen LogP contribution in [0.4, 0.5) is 19.0 Å². The molecule has 0 spiro atoms. The number of halogens is 3. The van der Waals surface area contributed by atoms with Crippen LogP contribution < -0.4 is 11.5 Å². The molecule has 0 amide bonds. The number of hydrogen-bond donors (Lipinski definition) is 3. The summed E-state index contributed by atoms with van der Waals surface area (Å²) >= 11 is 0. The Morgan fingerprint density at radius 2 is 1.89 bits per heavy atom. The Balaban J connectivity index is 1.62. The second-order valence-corrected chi connectivity index (χ2v) is 8.99. The van der Waals surface area contributed by atoms with E-state index < -0.39 is 23.5 Å². The van der Waals surface area contributed by atoms with Crippen LogP contribution in [0.15, 0.2) is 60.5 Å². The lowest BCUT2D eigenvalue weighted by Gasteiger charge is -2.09. The predicted molar refractivity (Wildman–Crippen MR) is 132 cm³/mol. The Morgan fingerprint density at radius 3 is 2.54 bits per heavy atom. The van der Waals surface area contributed by atoms with Gasteiger partial charge >= 0.3 is 12.1 Å². The molecule has 8 nitrogen and oxygen atoms in total. The lowest BCUT2D eigenvalue weighted by Crippen LogP contribution is -2.12. The molecule has 0 saturated heterocycles. The zero-order chi connectivity index (χ0) is 26.7. The van der Waals surface area contributed by atoms with Crippen molar-refractivity contribution in [1.82, 2.24) is 14.4 Å². The van der Waals surface area contributed by atoms with Gasteiger partial charge in [0, 0.05) is 42.4 Å². The molecule has 1 aliphatic rings. The SMILES string of the molecule is NC/C=C(\C=CC(=O)c1ccc(-c2nc([C@@H]3CC[C@H](CC(=O)O)C3)n3ccnc(N)c23)cc1)C(F)(F)F. The van der Waals surface area contributed by atoms with Crippen LogP contribution in [-0.4, -0.2) is 43.9 Å². The molecule has 0 radical (unpaired) electrons. The van der Waals surface area contributed by atoms with Crippen LogP contribution in [0.1, 0.15) is 47.8 Å². The highest BCUT2D eigenvalue weighted by Crippen LogP contribution is 2.41. The monoisotopic (exact) mass is 513 g/mol. The Hall–Kier alpha value is -3.99. The van der Waals surface area contributed by atoms with Gasteiger partial charge < -0.3 is 16.6 Å². The second kappa shape index (κ2) is 10.6. The number of fused-ring (bicyclic) bond motifs is 1. The van der Waals surface area contributed by atoms with Crippen LogP contribution >= 0.6 is 0 Å². The van der Waals surface area contributed by atoms with Crippen LogP contribution in [0.25, 0.3) is 16.8 Å². The molecule has 2 heterocycles. The van der Waals surface area contributed by atoms with Crippen molar-refractivity contribution < 1.29 is 27.9 Å². The molecular formula is C26H26F3N5O3. The van der Waals surface area contributed by atoms with Crippen molar-refractivity contribution in [3.8, 4) is 11.3 Å². The summed E-state index contributed by atoms with van der Waals surface area (Å²) in [4.78, 5) is 32.6. The summed E-state index contributed by atoms with van der Waals surface area (Å²) in [5.74, 6) is -0.239. The third-order valence-corrected chi connectivity index (χ3v) is 6.50. The van der Waals surface area contributed by atoms with Gasteiger partial charge in [-0.1, -0.05) is 30.3 Å². The standard InChI is InChI=1S/C26H26F3N5O3/c27-26(28,29)19(9-10-30)7-8-20(35)16-3-5-17(6-4-16)22-23-24(31)32-11-12-34(23)25(33-22)18-2-1-15(13-18)14-21(36)37/h3-9,11-12,15,18H,1-2,10,13-14,30H2,(H2,31,32)(H,36,37)/b8-7?,19-9+/t15-,18+/m0/s1. The Labute approximate surface area is 210 Å². The maximum Gasteiger partial charge on any atom is 0.416 e. The van der Waals surface area contributed by atoms with E-state index in [4.69, 9.17) is 21.6 Å². The van der Waals surface area contributed by atoms with Crippen molar-refractivity contribution >= 4 is 23.1 Å². The Morgan fingerprint density at radius 1 is 1.16 bits per heavy atom. The number of carboxylic acid groups (broad SMARTS) is 1. The maximum atomic E-state index is 13.0. The average molecular weight is 514 g/mol. The molecule has 0 unspecified atom stereocenters. The van der Waals surface area contributed by atoms with Gasteiger partial charge in [0.25, 0.3) is 0 Å². The highest BCUT2D eigenvalue weighted by atomic mass is 19.4. The van der Waals surface area contributed by atoms with Crippen LogP contribution in [-0.2, 0) is 4.79 Å². The first kappa shape index (κ1) is 26.1. The molecule has 1 fully saturated rings. The fourth-order valence-corrected chi connectivity index (χ4v) is 4.78. The molecule has 3 aromatic rings. The van der Waals surface area contributed by atoms with Crippen LogP contribution in [0.5, 0.6) is 0 Å². The average Bonchev–Trinajstić information content (AvgIpc) is 3.46. The molecular weight excluding hydrogens is 487 g/mol. The molecule has 0 aliphatic heterocycles. The van der Waals surface area contributed by atoms with E-state index >= 15 is 0 Å². The number of aliphatic carboxylic acids is 1. The van der Waals surface area contributed by atoms with Gasteiger partial charge in [0.15, 0.2) is 5.78 Å². The highest BCUT2D eigenvalue weighted by molar-refractivity contribution is 6.05. The number of ketones is 1.